The van der Waals surface area contributed by atoms with Gasteiger partial charge in [-0.1, -0.05) is 29.8 Å². The Morgan fingerprint density at radius 2 is 2.04 bits per heavy atom. The Bertz CT molecular complexity index is 673. The van der Waals surface area contributed by atoms with Gasteiger partial charge in [-0.25, -0.2) is 0 Å². The van der Waals surface area contributed by atoms with Gasteiger partial charge >= 0.3 is 0 Å². The summed E-state index contributed by atoms with van der Waals surface area (Å²) >= 11 is 6.02. The lowest BCUT2D eigenvalue weighted by Crippen LogP contribution is -2.30. The van der Waals surface area contributed by atoms with Gasteiger partial charge in [0.25, 0.3) is 5.91 Å². The SMILES string of the molecule is COc1cccc(CCNC(=O)COc2cc(C)ccc2Cl)c1. The third kappa shape index (κ3) is 5.49. The molecule has 4 nitrogen and oxygen atoms in total. The molecule has 0 atom stereocenters. The van der Waals surface area contributed by atoms with E-state index in [1.54, 1.807) is 13.2 Å². The monoisotopic (exact) mass is 333 g/mol. The Morgan fingerprint density at radius 1 is 1.22 bits per heavy atom. The number of carbonyl (C=O) groups is 1. The molecule has 2 aromatic carbocycles. The third-order valence-electron chi connectivity index (χ3n) is 3.32. The lowest BCUT2D eigenvalue weighted by molar-refractivity contribution is -0.123. The molecule has 23 heavy (non-hydrogen) atoms. The van der Waals surface area contributed by atoms with E-state index in [4.69, 9.17) is 21.1 Å². The van der Waals surface area contributed by atoms with Crippen molar-refractivity contribution in [1.82, 2.24) is 5.32 Å². The molecule has 0 aliphatic carbocycles. The van der Waals surface area contributed by atoms with Crippen molar-refractivity contribution < 1.29 is 14.3 Å². The molecule has 0 heterocycles. The Hall–Kier alpha value is -2.20. The summed E-state index contributed by atoms with van der Waals surface area (Å²) in [6, 6.07) is 13.2. The van der Waals surface area contributed by atoms with E-state index in [0.29, 0.717) is 17.3 Å². The van der Waals surface area contributed by atoms with Gasteiger partial charge in [0.2, 0.25) is 0 Å². The topological polar surface area (TPSA) is 47.6 Å². The quantitative estimate of drug-likeness (QED) is 0.844. The fourth-order valence-corrected chi connectivity index (χ4v) is 2.26. The number of rotatable bonds is 7. The fraction of sp³-hybridized carbons (Fsp3) is 0.278. The van der Waals surface area contributed by atoms with Gasteiger partial charge in [-0.2, -0.15) is 0 Å². The summed E-state index contributed by atoms with van der Waals surface area (Å²) in [4.78, 5) is 11.8. The average molecular weight is 334 g/mol. The number of ether oxygens (including phenoxy) is 2. The first kappa shape index (κ1) is 17.2. The van der Waals surface area contributed by atoms with Crippen molar-refractivity contribution in [2.75, 3.05) is 20.3 Å². The molecule has 0 aromatic heterocycles. The Morgan fingerprint density at radius 3 is 2.83 bits per heavy atom. The Balaban J connectivity index is 1.75. The average Bonchev–Trinajstić information content (AvgIpc) is 2.56. The maximum Gasteiger partial charge on any atom is 0.257 e. The van der Waals surface area contributed by atoms with Crippen LogP contribution in [0.25, 0.3) is 0 Å². The van der Waals surface area contributed by atoms with E-state index in [1.165, 1.54) is 0 Å². The number of benzene rings is 2. The maximum atomic E-state index is 11.8. The summed E-state index contributed by atoms with van der Waals surface area (Å²) in [5.74, 6) is 1.16. The van der Waals surface area contributed by atoms with Gasteiger partial charge < -0.3 is 14.8 Å². The van der Waals surface area contributed by atoms with Crippen LogP contribution >= 0.6 is 11.6 Å². The van der Waals surface area contributed by atoms with E-state index in [-0.39, 0.29) is 12.5 Å². The molecule has 0 bridgehead atoms. The molecule has 122 valence electrons. The summed E-state index contributed by atoms with van der Waals surface area (Å²) < 4.78 is 10.6. The minimum atomic E-state index is -0.175. The molecule has 5 heteroatoms. The van der Waals surface area contributed by atoms with Gasteiger partial charge in [-0.3, -0.25) is 4.79 Å². The van der Waals surface area contributed by atoms with Gasteiger partial charge in [0.1, 0.15) is 11.5 Å². The normalized spacial score (nSPS) is 10.2. The van der Waals surface area contributed by atoms with Crippen LogP contribution in [-0.4, -0.2) is 26.2 Å². The zero-order valence-corrected chi connectivity index (χ0v) is 14.0. The molecule has 0 aliphatic rings. The molecule has 0 fully saturated rings. The molecule has 0 saturated carbocycles. The van der Waals surface area contributed by atoms with Crippen LogP contribution in [-0.2, 0) is 11.2 Å². The van der Waals surface area contributed by atoms with Crippen LogP contribution in [0.5, 0.6) is 11.5 Å². The summed E-state index contributed by atoms with van der Waals surface area (Å²) in [6.45, 7) is 2.43. The molecule has 1 amide bonds. The van der Waals surface area contributed by atoms with Gasteiger partial charge in [-0.15, -0.1) is 0 Å². The Labute approximate surface area is 141 Å². The summed E-state index contributed by atoms with van der Waals surface area (Å²) in [6.07, 6.45) is 0.730. The zero-order valence-electron chi connectivity index (χ0n) is 13.3. The first-order valence-electron chi connectivity index (χ1n) is 7.37. The fourth-order valence-electron chi connectivity index (χ4n) is 2.09. The van der Waals surface area contributed by atoms with E-state index >= 15 is 0 Å². The van der Waals surface area contributed by atoms with Crippen molar-refractivity contribution in [3.8, 4) is 11.5 Å². The lowest BCUT2D eigenvalue weighted by atomic mass is 10.1. The number of amides is 1. The number of carbonyl (C=O) groups excluding carboxylic acids is 1. The summed E-state index contributed by atoms with van der Waals surface area (Å²) in [5.41, 5.74) is 2.13. The molecule has 0 saturated heterocycles. The van der Waals surface area contributed by atoms with Crippen molar-refractivity contribution >= 4 is 17.5 Å². The molecule has 1 N–H and O–H groups in total. The second-order valence-corrected chi connectivity index (χ2v) is 5.58. The minimum Gasteiger partial charge on any atom is -0.497 e. The molecule has 2 aromatic rings. The molecule has 0 radical (unpaired) electrons. The van der Waals surface area contributed by atoms with Crippen LogP contribution in [0.4, 0.5) is 0 Å². The van der Waals surface area contributed by atoms with Crippen LogP contribution in [0.3, 0.4) is 0 Å². The standard InChI is InChI=1S/C18H20ClNO3/c1-13-6-7-16(19)17(10-13)23-12-18(21)20-9-8-14-4-3-5-15(11-14)22-2/h3-7,10-11H,8-9,12H2,1-2H3,(H,20,21). The number of aryl methyl sites for hydroxylation is 1. The van der Waals surface area contributed by atoms with Gasteiger partial charge in [0.05, 0.1) is 12.1 Å². The van der Waals surface area contributed by atoms with E-state index in [2.05, 4.69) is 5.32 Å². The second-order valence-electron chi connectivity index (χ2n) is 5.17. The molecule has 0 aliphatic heterocycles. The van der Waals surface area contributed by atoms with Crippen molar-refractivity contribution in [1.29, 1.82) is 0 Å². The highest BCUT2D eigenvalue weighted by molar-refractivity contribution is 6.32. The van der Waals surface area contributed by atoms with Crippen LogP contribution in [0.2, 0.25) is 5.02 Å². The molecular weight excluding hydrogens is 314 g/mol. The van der Waals surface area contributed by atoms with Crippen molar-refractivity contribution in [3.63, 3.8) is 0 Å². The van der Waals surface area contributed by atoms with Crippen molar-refractivity contribution in [2.24, 2.45) is 0 Å². The largest absolute Gasteiger partial charge is 0.497 e. The van der Waals surface area contributed by atoms with Gasteiger partial charge in [0.15, 0.2) is 6.61 Å². The third-order valence-corrected chi connectivity index (χ3v) is 3.63. The second kappa shape index (κ2) is 8.44. The number of halogens is 1. The van der Waals surface area contributed by atoms with E-state index in [1.807, 2.05) is 43.3 Å². The van der Waals surface area contributed by atoms with Crippen molar-refractivity contribution in [2.45, 2.75) is 13.3 Å². The van der Waals surface area contributed by atoms with Crippen LogP contribution in [0.15, 0.2) is 42.5 Å². The molecule has 0 unspecified atom stereocenters. The predicted molar refractivity (Wildman–Crippen MR) is 91.4 cm³/mol. The number of hydrogen-bond donors (Lipinski definition) is 1. The Kier molecular flexibility index (Phi) is 6.29. The van der Waals surface area contributed by atoms with Crippen LogP contribution in [0.1, 0.15) is 11.1 Å². The van der Waals surface area contributed by atoms with E-state index in [0.717, 1.165) is 23.3 Å². The summed E-state index contributed by atoms with van der Waals surface area (Å²) in [7, 11) is 1.63. The highest BCUT2D eigenvalue weighted by Crippen LogP contribution is 2.25. The predicted octanol–water partition coefficient (Wildman–Crippen LogP) is 3.39. The maximum absolute atomic E-state index is 11.8. The van der Waals surface area contributed by atoms with E-state index < -0.39 is 0 Å². The van der Waals surface area contributed by atoms with E-state index in [9.17, 15) is 4.79 Å². The lowest BCUT2D eigenvalue weighted by Gasteiger charge is -2.10. The minimum absolute atomic E-state index is 0.0543. The molecular formula is C18H20ClNO3. The molecule has 0 spiro atoms. The zero-order chi connectivity index (χ0) is 16.7. The highest BCUT2D eigenvalue weighted by atomic mass is 35.5. The van der Waals surface area contributed by atoms with Crippen LogP contribution in [0, 0.1) is 6.92 Å². The van der Waals surface area contributed by atoms with Crippen molar-refractivity contribution in [3.05, 3.63) is 58.6 Å². The number of nitrogens with one attached hydrogen (secondary N) is 1. The number of hydrogen-bond acceptors (Lipinski definition) is 3. The molecule has 2 rings (SSSR count). The first-order valence-corrected chi connectivity index (χ1v) is 7.75. The highest BCUT2D eigenvalue weighted by Gasteiger charge is 2.06. The summed E-state index contributed by atoms with van der Waals surface area (Å²) in [5, 5.41) is 3.32. The van der Waals surface area contributed by atoms with Gasteiger partial charge in [0, 0.05) is 6.54 Å². The number of methoxy groups -OCH3 is 1. The first-order chi connectivity index (χ1) is 11.1. The van der Waals surface area contributed by atoms with Crippen LogP contribution < -0.4 is 14.8 Å². The van der Waals surface area contributed by atoms with Gasteiger partial charge in [-0.05, 0) is 48.7 Å². The smallest absolute Gasteiger partial charge is 0.257 e.